The number of likely N-dealkylation sites (tertiary alicyclic amines) is 1. The van der Waals surface area contributed by atoms with Gasteiger partial charge in [-0.1, -0.05) is 24.6 Å². The zero-order chi connectivity index (χ0) is 31.2. The van der Waals surface area contributed by atoms with Crippen LogP contribution < -0.4 is 15.4 Å². The van der Waals surface area contributed by atoms with E-state index in [9.17, 15) is 14.4 Å². The van der Waals surface area contributed by atoms with Gasteiger partial charge < -0.3 is 15.4 Å². The van der Waals surface area contributed by atoms with Gasteiger partial charge in [0.2, 0.25) is 0 Å². The molecule has 2 N–H and O–H groups in total. The molecule has 44 heavy (non-hydrogen) atoms. The number of benzene rings is 3. The van der Waals surface area contributed by atoms with Crippen LogP contribution in [0.4, 0.5) is 0 Å². The van der Waals surface area contributed by atoms with Gasteiger partial charge in [0.05, 0.1) is 0 Å². The van der Waals surface area contributed by atoms with E-state index in [4.69, 9.17) is 4.74 Å². The molecule has 1 aliphatic rings. The molecule has 0 saturated carbocycles. The quantitative estimate of drug-likeness (QED) is 0.180. The van der Waals surface area contributed by atoms with Gasteiger partial charge >= 0.3 is 0 Å². The highest BCUT2D eigenvalue weighted by atomic mass is 32.1. The topological polar surface area (TPSA) is 87.7 Å². The SMILES string of the molecule is CC(C)NC(=O)c1ccc(-c2sc3cc(C(=O)NC(C)C)ccc3c2C(=O)c2ccc(OCCN3CCCCC3)cc2)cc1. The van der Waals surface area contributed by atoms with Crippen LogP contribution in [0.15, 0.2) is 66.7 Å². The fourth-order valence-corrected chi connectivity index (χ4v) is 6.70. The number of ketones is 1. The fraction of sp³-hybridized carbons (Fsp3) is 0.361. The van der Waals surface area contributed by atoms with Crippen molar-refractivity contribution in [1.82, 2.24) is 15.5 Å². The maximum Gasteiger partial charge on any atom is 0.251 e. The number of thiophene rings is 1. The Bertz CT molecular complexity index is 1620. The molecule has 2 heterocycles. The summed E-state index contributed by atoms with van der Waals surface area (Å²) >= 11 is 1.47. The van der Waals surface area contributed by atoms with Gasteiger partial charge in [-0.15, -0.1) is 11.3 Å². The van der Waals surface area contributed by atoms with Crippen LogP contribution in [0.2, 0.25) is 0 Å². The van der Waals surface area contributed by atoms with Gasteiger partial charge in [-0.3, -0.25) is 19.3 Å². The smallest absolute Gasteiger partial charge is 0.251 e. The highest BCUT2D eigenvalue weighted by molar-refractivity contribution is 7.22. The van der Waals surface area contributed by atoms with Crippen LogP contribution in [-0.2, 0) is 0 Å². The summed E-state index contributed by atoms with van der Waals surface area (Å²) in [6.07, 6.45) is 3.81. The molecule has 1 aliphatic heterocycles. The Hall–Kier alpha value is -4.01. The second-order valence-electron chi connectivity index (χ2n) is 12.0. The summed E-state index contributed by atoms with van der Waals surface area (Å²) in [5.41, 5.74) is 3.08. The van der Waals surface area contributed by atoms with E-state index >= 15 is 0 Å². The van der Waals surface area contributed by atoms with E-state index in [1.54, 1.807) is 18.2 Å². The Morgan fingerprint density at radius 3 is 2.00 bits per heavy atom. The van der Waals surface area contributed by atoms with E-state index in [0.29, 0.717) is 28.9 Å². The summed E-state index contributed by atoms with van der Waals surface area (Å²) in [7, 11) is 0. The molecular weight excluding hydrogens is 570 g/mol. The number of piperidine rings is 1. The number of carbonyl (C=O) groups is 3. The zero-order valence-corrected chi connectivity index (χ0v) is 26.8. The molecule has 2 amide bonds. The first-order chi connectivity index (χ1) is 21.2. The first-order valence-electron chi connectivity index (χ1n) is 15.5. The number of hydrogen-bond donors (Lipinski definition) is 2. The van der Waals surface area contributed by atoms with Gasteiger partial charge in [-0.2, -0.15) is 0 Å². The van der Waals surface area contributed by atoms with Crippen molar-refractivity contribution in [1.29, 1.82) is 0 Å². The van der Waals surface area contributed by atoms with Crippen molar-refractivity contribution in [2.24, 2.45) is 0 Å². The van der Waals surface area contributed by atoms with Gasteiger partial charge in [-0.25, -0.2) is 0 Å². The number of hydrogen-bond acceptors (Lipinski definition) is 6. The van der Waals surface area contributed by atoms with Crippen molar-refractivity contribution < 1.29 is 19.1 Å². The largest absolute Gasteiger partial charge is 0.492 e. The number of amides is 2. The minimum Gasteiger partial charge on any atom is -0.492 e. The van der Waals surface area contributed by atoms with Gasteiger partial charge in [0.15, 0.2) is 5.78 Å². The third kappa shape index (κ3) is 7.55. The van der Waals surface area contributed by atoms with Crippen LogP contribution in [0, 0.1) is 0 Å². The molecule has 3 aromatic carbocycles. The van der Waals surface area contributed by atoms with E-state index in [1.807, 2.05) is 76.2 Å². The molecule has 5 rings (SSSR count). The first-order valence-corrected chi connectivity index (χ1v) is 16.3. The molecule has 1 fully saturated rings. The lowest BCUT2D eigenvalue weighted by molar-refractivity contribution is 0.0934. The molecule has 1 saturated heterocycles. The summed E-state index contributed by atoms with van der Waals surface area (Å²) < 4.78 is 6.84. The summed E-state index contributed by atoms with van der Waals surface area (Å²) in [5, 5.41) is 6.65. The molecule has 230 valence electrons. The lowest BCUT2D eigenvalue weighted by atomic mass is 9.96. The second kappa shape index (κ2) is 14.2. The Balaban J connectivity index is 1.44. The minimum atomic E-state index is -0.152. The number of rotatable bonds is 11. The van der Waals surface area contributed by atoms with E-state index in [0.717, 1.165) is 45.9 Å². The van der Waals surface area contributed by atoms with Crippen molar-refractivity contribution in [3.8, 4) is 16.2 Å². The van der Waals surface area contributed by atoms with E-state index in [2.05, 4.69) is 15.5 Å². The molecule has 0 unspecified atom stereocenters. The number of nitrogens with zero attached hydrogens (tertiary/aromatic N) is 1. The normalized spacial score (nSPS) is 13.8. The molecule has 1 aromatic heterocycles. The number of carbonyl (C=O) groups excluding carboxylic acids is 3. The van der Waals surface area contributed by atoms with Crippen molar-refractivity contribution in [2.45, 2.75) is 59.0 Å². The summed E-state index contributed by atoms with van der Waals surface area (Å²) in [6.45, 7) is 11.5. The van der Waals surface area contributed by atoms with Gasteiger partial charge in [0.1, 0.15) is 12.4 Å². The molecule has 8 heteroatoms. The average Bonchev–Trinajstić information content (AvgIpc) is 3.40. The fourth-order valence-electron chi connectivity index (χ4n) is 5.45. The standard InChI is InChI=1S/C36H41N3O4S/c1-23(2)37-35(41)27-10-8-26(9-11-27)34-32(30-17-14-28(22-31(30)44-34)36(42)38-24(3)4)33(40)25-12-15-29(16-13-25)43-21-20-39-18-6-5-7-19-39/h8-17,22-24H,5-7,18-21H2,1-4H3,(H,37,41)(H,38,42). The van der Waals surface area contributed by atoms with E-state index in [1.165, 1.54) is 30.6 Å². The first kappa shape index (κ1) is 31.4. The lowest BCUT2D eigenvalue weighted by Gasteiger charge is -2.26. The Morgan fingerprint density at radius 1 is 0.773 bits per heavy atom. The summed E-state index contributed by atoms with van der Waals surface area (Å²) in [4.78, 5) is 42.7. The van der Waals surface area contributed by atoms with Crippen LogP contribution in [-0.4, -0.2) is 60.8 Å². The highest BCUT2D eigenvalue weighted by Gasteiger charge is 2.23. The molecule has 4 aromatic rings. The van der Waals surface area contributed by atoms with Crippen molar-refractivity contribution in [3.63, 3.8) is 0 Å². The second-order valence-corrected chi connectivity index (χ2v) is 13.0. The molecular formula is C36H41N3O4S. The lowest BCUT2D eigenvalue weighted by Crippen LogP contribution is -2.33. The number of ether oxygens (including phenoxy) is 1. The Kier molecular flexibility index (Phi) is 10.1. The van der Waals surface area contributed by atoms with Gasteiger partial charge in [-0.05, 0) is 108 Å². The maximum atomic E-state index is 14.1. The van der Waals surface area contributed by atoms with Crippen molar-refractivity contribution >= 4 is 39.0 Å². The minimum absolute atomic E-state index is 0.0114. The van der Waals surface area contributed by atoms with Crippen molar-refractivity contribution in [3.05, 3.63) is 89.0 Å². The summed E-state index contributed by atoms with van der Waals surface area (Å²) in [5.74, 6) is 0.344. The van der Waals surface area contributed by atoms with Gasteiger partial charge in [0, 0.05) is 55.8 Å². The average molecular weight is 612 g/mol. The van der Waals surface area contributed by atoms with Gasteiger partial charge in [0.25, 0.3) is 11.8 Å². The number of nitrogens with one attached hydrogen (secondary N) is 2. The van der Waals surface area contributed by atoms with Crippen LogP contribution in [0.3, 0.4) is 0 Å². The highest BCUT2D eigenvalue weighted by Crippen LogP contribution is 2.40. The monoisotopic (exact) mass is 611 g/mol. The van der Waals surface area contributed by atoms with E-state index in [-0.39, 0.29) is 29.7 Å². The maximum absolute atomic E-state index is 14.1. The third-order valence-electron chi connectivity index (χ3n) is 7.67. The Labute approximate surface area is 263 Å². The Morgan fingerprint density at radius 2 is 1.36 bits per heavy atom. The van der Waals surface area contributed by atoms with E-state index < -0.39 is 0 Å². The number of fused-ring (bicyclic) bond motifs is 1. The predicted molar refractivity (Wildman–Crippen MR) is 178 cm³/mol. The van der Waals surface area contributed by atoms with Crippen LogP contribution in [0.5, 0.6) is 5.75 Å². The molecule has 0 radical (unpaired) electrons. The predicted octanol–water partition coefficient (Wildman–Crippen LogP) is 6.94. The molecule has 0 spiro atoms. The van der Waals surface area contributed by atoms with Crippen LogP contribution >= 0.6 is 11.3 Å². The van der Waals surface area contributed by atoms with Crippen LogP contribution in [0.1, 0.15) is 83.6 Å². The molecule has 0 atom stereocenters. The molecule has 7 nitrogen and oxygen atoms in total. The van der Waals surface area contributed by atoms with Crippen molar-refractivity contribution in [2.75, 3.05) is 26.2 Å². The zero-order valence-electron chi connectivity index (χ0n) is 25.9. The summed E-state index contributed by atoms with van der Waals surface area (Å²) in [6, 6.07) is 20.2. The molecule has 0 bridgehead atoms. The third-order valence-corrected chi connectivity index (χ3v) is 8.87. The molecule has 0 aliphatic carbocycles. The van der Waals surface area contributed by atoms with Crippen LogP contribution in [0.25, 0.3) is 20.5 Å².